The number of hydrogen-bond donors (Lipinski definition) is 2. The molecule has 1 heterocycles. The monoisotopic (exact) mass is 163 g/mol. The third kappa shape index (κ3) is 2.49. The third-order valence-electron chi connectivity index (χ3n) is 1.05. The van der Waals surface area contributed by atoms with E-state index in [9.17, 15) is 9.59 Å². The van der Waals surface area contributed by atoms with Crippen molar-refractivity contribution in [1.29, 1.82) is 0 Å². The van der Waals surface area contributed by atoms with Crippen LogP contribution in [0.25, 0.3) is 0 Å². The van der Waals surface area contributed by atoms with Gasteiger partial charge in [-0.15, -0.1) is 0 Å². The maximum atomic E-state index is 10.6. The van der Waals surface area contributed by atoms with E-state index in [4.69, 9.17) is 5.11 Å². The molecule has 1 rings (SSSR count). The first kappa shape index (κ1) is 10.4. The van der Waals surface area contributed by atoms with Crippen LogP contribution in [0.1, 0.15) is 11.8 Å². The average molecular weight is 163 g/mol. The SMILES string of the molecule is O=C(O)c1ccc[nH]c1=O.[H-].[Na+]. The van der Waals surface area contributed by atoms with Gasteiger partial charge in [0.25, 0.3) is 5.56 Å². The van der Waals surface area contributed by atoms with Crippen LogP contribution < -0.4 is 35.1 Å². The van der Waals surface area contributed by atoms with Gasteiger partial charge < -0.3 is 11.5 Å². The Hall–Kier alpha value is -0.580. The minimum Gasteiger partial charge on any atom is -1.00 e. The fourth-order valence-electron chi connectivity index (χ4n) is 0.590. The van der Waals surface area contributed by atoms with Gasteiger partial charge in [-0.25, -0.2) is 4.79 Å². The number of carbonyl (C=O) groups is 1. The van der Waals surface area contributed by atoms with Crippen LogP contribution in [0.3, 0.4) is 0 Å². The van der Waals surface area contributed by atoms with Crippen molar-refractivity contribution in [3.05, 3.63) is 34.2 Å². The molecule has 0 spiro atoms. The van der Waals surface area contributed by atoms with Crippen LogP contribution in [0.2, 0.25) is 0 Å². The number of carboxylic acid groups (broad SMARTS) is 1. The molecule has 11 heavy (non-hydrogen) atoms. The summed E-state index contributed by atoms with van der Waals surface area (Å²) >= 11 is 0. The summed E-state index contributed by atoms with van der Waals surface area (Å²) in [4.78, 5) is 23.1. The standard InChI is InChI=1S/C6H5NO3.Na.H/c8-5-4(6(9)10)2-1-3-7-5;;/h1-3H,(H,7,8)(H,9,10);;/q;+1;-1. The number of H-pyrrole nitrogens is 1. The van der Waals surface area contributed by atoms with E-state index < -0.39 is 11.5 Å². The Labute approximate surface area is 86.0 Å². The van der Waals surface area contributed by atoms with E-state index >= 15 is 0 Å². The zero-order valence-corrected chi connectivity index (χ0v) is 8.00. The average Bonchev–Trinajstić information content (AvgIpc) is 1.88. The van der Waals surface area contributed by atoms with Gasteiger partial charge in [-0.3, -0.25) is 4.79 Å². The van der Waals surface area contributed by atoms with Crippen LogP contribution in [-0.2, 0) is 0 Å². The van der Waals surface area contributed by atoms with E-state index in [2.05, 4.69) is 4.98 Å². The van der Waals surface area contributed by atoms with E-state index in [-0.39, 0.29) is 36.5 Å². The second kappa shape index (κ2) is 4.33. The zero-order valence-electron chi connectivity index (χ0n) is 7.00. The molecule has 0 aliphatic heterocycles. The summed E-state index contributed by atoms with van der Waals surface area (Å²) in [7, 11) is 0. The molecule has 0 bridgehead atoms. The minimum atomic E-state index is -1.21. The van der Waals surface area contributed by atoms with Crippen LogP contribution in [0, 0.1) is 0 Å². The van der Waals surface area contributed by atoms with Gasteiger partial charge in [0, 0.05) is 6.20 Å². The van der Waals surface area contributed by atoms with E-state index in [0.717, 1.165) is 0 Å². The Balaban J connectivity index is 0. The van der Waals surface area contributed by atoms with Crippen LogP contribution >= 0.6 is 0 Å². The van der Waals surface area contributed by atoms with Gasteiger partial charge in [0.1, 0.15) is 5.56 Å². The predicted molar refractivity (Wildman–Crippen MR) is 35.1 cm³/mol. The molecule has 1 aromatic heterocycles. The predicted octanol–water partition coefficient (Wildman–Crippen LogP) is -2.81. The van der Waals surface area contributed by atoms with Crippen molar-refractivity contribution in [2.24, 2.45) is 0 Å². The second-order valence-corrected chi connectivity index (χ2v) is 1.72. The molecular formula is C6H6NNaO3. The maximum Gasteiger partial charge on any atom is 1.00 e. The quantitative estimate of drug-likeness (QED) is 0.439. The number of aromatic amines is 1. The first-order valence-corrected chi connectivity index (χ1v) is 2.63. The Bertz CT molecular complexity index is 312. The van der Waals surface area contributed by atoms with Crippen molar-refractivity contribution >= 4 is 5.97 Å². The van der Waals surface area contributed by atoms with E-state index in [1.54, 1.807) is 0 Å². The third-order valence-corrected chi connectivity index (χ3v) is 1.05. The van der Waals surface area contributed by atoms with Crippen LogP contribution in [-0.4, -0.2) is 16.1 Å². The van der Waals surface area contributed by atoms with E-state index in [1.165, 1.54) is 18.3 Å². The van der Waals surface area contributed by atoms with Crippen molar-refractivity contribution in [2.75, 3.05) is 0 Å². The summed E-state index contributed by atoms with van der Waals surface area (Å²) in [6, 6.07) is 2.71. The van der Waals surface area contributed by atoms with Crippen LogP contribution in [0.4, 0.5) is 0 Å². The van der Waals surface area contributed by atoms with Gasteiger partial charge in [0.2, 0.25) is 0 Å². The minimum absolute atomic E-state index is 0. The van der Waals surface area contributed by atoms with Gasteiger partial charge in [0.15, 0.2) is 0 Å². The molecule has 5 heteroatoms. The summed E-state index contributed by atoms with van der Waals surface area (Å²) in [5.74, 6) is -1.21. The van der Waals surface area contributed by atoms with Crippen molar-refractivity contribution in [1.82, 2.24) is 4.98 Å². The Morgan fingerprint density at radius 3 is 2.64 bits per heavy atom. The molecule has 0 aliphatic rings. The van der Waals surface area contributed by atoms with Gasteiger partial charge in [-0.1, -0.05) is 0 Å². The maximum absolute atomic E-state index is 10.6. The van der Waals surface area contributed by atoms with Crippen molar-refractivity contribution < 1.29 is 40.9 Å². The number of aromatic carboxylic acids is 1. The van der Waals surface area contributed by atoms with Gasteiger partial charge in [-0.2, -0.15) is 0 Å². The van der Waals surface area contributed by atoms with Crippen molar-refractivity contribution in [3.63, 3.8) is 0 Å². The molecule has 0 amide bonds. The molecule has 0 saturated carbocycles. The number of rotatable bonds is 1. The van der Waals surface area contributed by atoms with Gasteiger partial charge >= 0.3 is 35.5 Å². The molecular weight excluding hydrogens is 157 g/mol. The largest absolute Gasteiger partial charge is 1.00 e. The molecule has 2 N–H and O–H groups in total. The Morgan fingerprint density at radius 1 is 1.64 bits per heavy atom. The van der Waals surface area contributed by atoms with Crippen LogP contribution in [0.5, 0.6) is 0 Å². The topological polar surface area (TPSA) is 70.2 Å². The second-order valence-electron chi connectivity index (χ2n) is 1.72. The summed E-state index contributed by atoms with van der Waals surface area (Å²) in [6.45, 7) is 0. The summed E-state index contributed by atoms with van der Waals surface area (Å²) < 4.78 is 0. The fraction of sp³-hybridized carbons (Fsp3) is 0. The summed E-state index contributed by atoms with van der Waals surface area (Å²) in [5, 5.41) is 8.35. The molecule has 0 unspecified atom stereocenters. The summed E-state index contributed by atoms with van der Waals surface area (Å²) in [5.41, 5.74) is -0.808. The van der Waals surface area contributed by atoms with Crippen LogP contribution in [0.15, 0.2) is 23.1 Å². The first-order chi connectivity index (χ1) is 4.72. The van der Waals surface area contributed by atoms with E-state index in [0.29, 0.717) is 0 Å². The number of pyridine rings is 1. The molecule has 0 aromatic carbocycles. The number of nitrogens with one attached hydrogen (secondary N) is 1. The normalized spacial score (nSPS) is 8.36. The molecule has 1 aromatic rings. The Kier molecular flexibility index (Phi) is 4.10. The Morgan fingerprint density at radius 2 is 2.27 bits per heavy atom. The molecule has 0 atom stereocenters. The number of hydrogen-bond acceptors (Lipinski definition) is 2. The van der Waals surface area contributed by atoms with Gasteiger partial charge in [0.05, 0.1) is 0 Å². The molecule has 54 valence electrons. The first-order valence-electron chi connectivity index (χ1n) is 2.63. The molecule has 0 saturated heterocycles. The van der Waals surface area contributed by atoms with E-state index in [1.807, 2.05) is 0 Å². The smallest absolute Gasteiger partial charge is 1.00 e. The number of aromatic nitrogens is 1. The number of carboxylic acids is 1. The molecule has 4 nitrogen and oxygen atoms in total. The van der Waals surface area contributed by atoms with Crippen molar-refractivity contribution in [2.45, 2.75) is 0 Å². The molecule has 0 fully saturated rings. The summed E-state index contributed by atoms with van der Waals surface area (Å²) in [6.07, 6.45) is 1.38. The molecule has 0 aliphatic carbocycles. The molecule has 0 radical (unpaired) electrons. The van der Waals surface area contributed by atoms with Gasteiger partial charge in [-0.05, 0) is 12.1 Å². The fourth-order valence-corrected chi connectivity index (χ4v) is 0.590. The van der Waals surface area contributed by atoms with Crippen molar-refractivity contribution in [3.8, 4) is 0 Å². The zero-order chi connectivity index (χ0) is 7.56.